The predicted octanol–water partition coefficient (Wildman–Crippen LogP) is 3.89. The fourth-order valence-corrected chi connectivity index (χ4v) is 13.6. The summed E-state index contributed by atoms with van der Waals surface area (Å²) >= 11 is 23.1. The highest BCUT2D eigenvalue weighted by atomic mass is 35.5. The van der Waals surface area contributed by atoms with E-state index >= 15 is 0 Å². The van der Waals surface area contributed by atoms with Gasteiger partial charge in [-0.05, 0) is 213 Å². The molecule has 53 heteroatoms. The number of unbranched alkanes of at least 4 members (excludes halogenated alkanes) is 4. The van der Waals surface area contributed by atoms with Crippen molar-refractivity contribution in [2.24, 2.45) is 76.6 Å². The molecule has 144 heavy (non-hydrogen) atoms. The molecule has 2 aliphatic carbocycles. The van der Waals surface area contributed by atoms with Crippen molar-refractivity contribution in [3.05, 3.63) is 163 Å². The van der Waals surface area contributed by atoms with E-state index in [1.54, 1.807) is 13.8 Å². The fourth-order valence-electron chi connectivity index (χ4n) is 13.1. The van der Waals surface area contributed by atoms with Gasteiger partial charge in [-0.2, -0.15) is 0 Å². The number of aliphatic imine (C=N–C) groups is 5. The van der Waals surface area contributed by atoms with Crippen LogP contribution in [-0.2, 0) is 54.3 Å². The van der Waals surface area contributed by atoms with E-state index in [-0.39, 0.29) is 171 Å². The van der Waals surface area contributed by atoms with Crippen molar-refractivity contribution in [2.75, 3.05) is 105 Å². The summed E-state index contributed by atoms with van der Waals surface area (Å²) in [6.07, 6.45) is 17.8. The van der Waals surface area contributed by atoms with Crippen molar-refractivity contribution >= 4 is 164 Å². The van der Waals surface area contributed by atoms with Gasteiger partial charge in [-0.3, -0.25) is 79.8 Å². The first-order chi connectivity index (χ1) is 68.7. The van der Waals surface area contributed by atoms with Gasteiger partial charge in [0.15, 0.2) is 120 Å². The molecule has 1 unspecified atom stereocenters. The Bertz CT molecular complexity index is 5670. The van der Waals surface area contributed by atoms with Gasteiger partial charge in [0, 0.05) is 26.2 Å². The molecule has 0 saturated heterocycles. The van der Waals surface area contributed by atoms with E-state index < -0.39 is 65.8 Å². The van der Waals surface area contributed by atoms with Crippen molar-refractivity contribution in [1.29, 1.82) is 0 Å². The molecule has 8 aromatic rings. The number of halogens is 4. The summed E-state index contributed by atoms with van der Waals surface area (Å²) in [5.74, 6) is -2.79. The summed E-state index contributed by atoms with van der Waals surface area (Å²) < 4.78 is 38.3. The number of nitrogens with zero attached hydrogens (tertiary/aromatic N) is 13. The number of hydrogen-bond donors (Lipinski definition) is 22. The van der Waals surface area contributed by atoms with Gasteiger partial charge in [0.1, 0.15) is 85.9 Å². The molecule has 0 radical (unpaired) electrons. The smallest absolute Gasteiger partial charge is 0.326 e. The maximum atomic E-state index is 12.2. The highest BCUT2D eigenvalue weighted by Gasteiger charge is 2.28. The van der Waals surface area contributed by atoms with Gasteiger partial charge in [-0.1, -0.05) is 101 Å². The molecule has 4 heterocycles. The van der Waals surface area contributed by atoms with E-state index in [1.807, 2.05) is 97.1 Å². The van der Waals surface area contributed by atoms with Gasteiger partial charge in [0.2, 0.25) is 0 Å². The molecule has 49 nitrogen and oxygen atoms in total. The lowest BCUT2D eigenvalue weighted by Crippen LogP contribution is -2.40. The largest absolute Gasteiger partial charge is 0.491 e. The molecule has 0 spiro atoms. The number of esters is 3. The summed E-state index contributed by atoms with van der Waals surface area (Å²) in [7, 11) is 0. The summed E-state index contributed by atoms with van der Waals surface area (Å²) in [6.45, 7) is 5.52. The number of benzene rings is 4. The quantitative estimate of drug-likeness (QED) is 0.00846. The van der Waals surface area contributed by atoms with Gasteiger partial charge >= 0.3 is 17.9 Å². The lowest BCUT2D eigenvalue weighted by molar-refractivity contribution is -0.153. The van der Waals surface area contributed by atoms with E-state index in [2.05, 4.69) is 86.1 Å². The van der Waals surface area contributed by atoms with Crippen LogP contribution in [0.4, 0.5) is 46.5 Å². The molecule has 4 amide bonds. The van der Waals surface area contributed by atoms with Gasteiger partial charge in [-0.25, -0.2) is 39.9 Å². The molecule has 4 aromatic heterocycles. The number of aromatic nitrogens is 8. The minimum absolute atomic E-state index is 0.0119. The predicted molar refractivity (Wildman–Crippen MR) is 552 cm³/mol. The summed E-state index contributed by atoms with van der Waals surface area (Å²) in [4.78, 5) is 135. The van der Waals surface area contributed by atoms with Crippen molar-refractivity contribution in [1.82, 2.24) is 61.1 Å². The Labute approximate surface area is 851 Å². The van der Waals surface area contributed by atoms with Crippen molar-refractivity contribution in [2.45, 2.75) is 191 Å². The molecule has 780 valence electrons. The molecule has 0 aliphatic heterocycles. The molecule has 0 bridgehead atoms. The molecule has 4 atom stereocenters. The Morgan fingerprint density at radius 1 is 0.347 bits per heavy atom. The van der Waals surface area contributed by atoms with Crippen LogP contribution in [-0.4, -0.2) is 218 Å². The van der Waals surface area contributed by atoms with Crippen LogP contribution in [0.5, 0.6) is 23.0 Å². The van der Waals surface area contributed by atoms with Crippen LogP contribution in [0.1, 0.15) is 187 Å². The average molecular weight is 2080 g/mol. The Kier molecular flexibility index (Phi) is 49.4. The van der Waals surface area contributed by atoms with E-state index in [0.29, 0.717) is 49.2 Å². The normalized spacial score (nSPS) is 13.6. The van der Waals surface area contributed by atoms with Gasteiger partial charge < -0.3 is 136 Å². The Morgan fingerprint density at radius 3 is 0.840 bits per heavy atom. The highest BCUT2D eigenvalue weighted by Crippen LogP contribution is 2.27. The van der Waals surface area contributed by atoms with Crippen LogP contribution in [0.3, 0.4) is 0 Å². The van der Waals surface area contributed by atoms with Crippen molar-refractivity contribution in [3.8, 4) is 23.0 Å². The number of aryl methyl sites for hydroxylation is 4. The standard InChI is InChI=1S/C25H35ClN8O4.C24H33ClN8O4.C22H31ClN8O4.C20H29ClN10O3/c26-20-22(29)33-21(28)19(32-20)23(35)34-25(30)31-13-5-4-6-15-9-11-16(12-10-15)37-14-18(27)24(36)38-17-7-2-1-3-8-17;25-19-21(28)32-20(27)18(31-19)22(34)33-24(29)30-12-4-3-5-14-8-10-15(11-9-14)36-13-17(26)23(35)37-16-6-1-2-7-16;1-12(2)35-21(33)15(24)11-34-14-8-6-13(7-9-14)5-3-4-10-28-22(27)31-20(32)16-18(25)30-19(26)17(23)29-16;21-15-17(23)30-16(22)14(29-15)18(33)31-20(26)27-8-2-1-3-11-4-6-13(7-5-11)34-10-12(32)9-28-19(24)25/h9-12,17-18H,1-8,13-14,27H2,(H4,28,29,33)(H3,30,31,34,35);8-11,16-17H,1-7,12-13,26H2,(H4,27,28,32)(H3,29,30,33,34);6-9,12,15H,3-5,10-11,24H2,1-2H3,(H4,25,26,30)(H3,27,28,31,32);4-7,12,32H,1-3,8-10H2,(H4,22,23,30)(H4,24,25,28)(H3,26,27,31,33)/t18-;17-;15-;/m000./s1. The first-order valence-electron chi connectivity index (χ1n) is 45.9. The number of carbonyl (C=O) groups excluding carboxylic acids is 7. The van der Waals surface area contributed by atoms with Crippen molar-refractivity contribution in [3.63, 3.8) is 0 Å². The lowest BCUT2D eigenvalue weighted by Gasteiger charge is -2.23. The third-order valence-corrected chi connectivity index (χ3v) is 21.8. The topological polar surface area (TPSA) is 860 Å². The van der Waals surface area contributed by atoms with E-state index in [4.69, 9.17) is 177 Å². The number of nitrogens with one attached hydrogen (secondary N) is 4. The summed E-state index contributed by atoms with van der Waals surface area (Å²) in [5.41, 5.74) is 99.4. The van der Waals surface area contributed by atoms with Gasteiger partial charge in [-0.15, -0.1) is 0 Å². The van der Waals surface area contributed by atoms with Crippen LogP contribution in [0.2, 0.25) is 20.6 Å². The van der Waals surface area contributed by atoms with Crippen molar-refractivity contribution < 1.29 is 71.8 Å². The number of carbonyl (C=O) groups is 7. The zero-order valence-corrected chi connectivity index (χ0v) is 82.8. The third kappa shape index (κ3) is 43.0. The molecule has 10 rings (SSSR count). The number of amides is 4. The minimum Gasteiger partial charge on any atom is -0.491 e. The molecular weight excluding hydrogens is 1950 g/mol. The number of aliphatic hydroxyl groups excluding tert-OH is 1. The van der Waals surface area contributed by atoms with Gasteiger partial charge in [0.05, 0.1) is 12.6 Å². The van der Waals surface area contributed by atoms with Crippen LogP contribution in [0, 0.1) is 0 Å². The highest BCUT2D eigenvalue weighted by molar-refractivity contribution is 6.33. The number of anilines is 8. The first kappa shape index (κ1) is 116. The Balaban J connectivity index is 0.000000261. The van der Waals surface area contributed by atoms with Crippen LogP contribution >= 0.6 is 46.4 Å². The number of ether oxygens (including phenoxy) is 7. The zero-order valence-electron chi connectivity index (χ0n) is 79.8. The average Bonchev–Trinajstić information content (AvgIpc) is 0.857. The Hall–Kier alpha value is -14.8. The zero-order chi connectivity index (χ0) is 105. The number of guanidine groups is 5. The number of aliphatic hydroxyl groups is 1. The first-order valence-corrected chi connectivity index (χ1v) is 47.5. The van der Waals surface area contributed by atoms with E-state index in [9.17, 15) is 38.7 Å². The van der Waals surface area contributed by atoms with E-state index in [1.165, 1.54) is 6.42 Å². The minimum atomic E-state index is -0.843. The van der Waals surface area contributed by atoms with Crippen LogP contribution in [0.25, 0.3) is 0 Å². The SMILES string of the molecule is CC(C)OC(=O)[C@@H](N)COc1ccc(CCCCN=C(N)NC(=O)c2nc(Cl)c(N)nc2N)cc1.NC(=NCCCCc1ccc(OC[C@H](N)C(=O)OC2CCCC2)cc1)NC(=O)c1nc(Cl)c(N)nc1N.NC(=NCCCCc1ccc(OC[C@H](N)C(=O)OC2CCCCC2)cc1)NC(=O)c1nc(Cl)c(N)nc1N.NC(N)=NCC(O)COc1ccc(CCCCN=C(N)NC(=O)c2nc(Cl)c(N)nc2N)cc1. The molecule has 4 aromatic carbocycles. The molecule has 39 N–H and O–H groups in total. The number of rotatable bonds is 44. The molecular formula is C91H128Cl4N34O15. The maximum absolute atomic E-state index is 12.2. The summed E-state index contributed by atoms with van der Waals surface area (Å²) in [6, 6.07) is 27.8. The monoisotopic (exact) mass is 2080 g/mol. The second kappa shape index (κ2) is 61.2. The second-order valence-electron chi connectivity index (χ2n) is 32.8. The second-order valence-corrected chi connectivity index (χ2v) is 34.3. The number of hydrogen-bond acceptors (Lipinski definition) is 39. The Morgan fingerprint density at radius 2 is 0.590 bits per heavy atom. The number of nitrogen functional groups attached to an aromatic ring is 8. The maximum Gasteiger partial charge on any atom is 0.326 e. The van der Waals surface area contributed by atoms with E-state index in [0.717, 1.165) is 151 Å². The molecule has 2 aliphatic rings. The lowest BCUT2D eigenvalue weighted by atomic mass is 9.98. The van der Waals surface area contributed by atoms with Crippen LogP contribution < -0.4 is 138 Å². The third-order valence-electron chi connectivity index (χ3n) is 20.7. The summed E-state index contributed by atoms with van der Waals surface area (Å²) in [5, 5.41) is 18.8. The molecule has 2 saturated carbocycles. The van der Waals surface area contributed by atoms with Gasteiger partial charge in [0.25, 0.3) is 23.6 Å². The number of nitrogens with two attached hydrogens (primary N) is 17. The van der Waals surface area contributed by atoms with Crippen LogP contribution in [0.15, 0.2) is 122 Å². The fraction of sp³-hybridized carbons (Fsp3) is 0.429. The molecule has 2 fully saturated rings.